The maximum Gasteiger partial charge on any atom is -1.00 e. The van der Waals surface area contributed by atoms with Gasteiger partial charge in [-0.3, -0.25) is 0 Å². The van der Waals surface area contributed by atoms with Gasteiger partial charge < -0.3 is 37.2 Å². The summed E-state index contributed by atoms with van der Waals surface area (Å²) in [6.07, 6.45) is 0. The molecule has 0 spiro atoms. The van der Waals surface area contributed by atoms with Crippen LogP contribution >= 0.6 is 0 Å². The van der Waals surface area contributed by atoms with E-state index >= 15 is 0 Å². The number of benzene rings is 3. The van der Waals surface area contributed by atoms with E-state index in [0.29, 0.717) is 11.3 Å². The van der Waals surface area contributed by atoms with Crippen LogP contribution in [0, 0.1) is 0 Å². The molecule has 0 aliphatic heterocycles. The first-order chi connectivity index (χ1) is 11.3. The van der Waals surface area contributed by atoms with Gasteiger partial charge in [-0.05, 0) is 0 Å². The third-order valence-electron chi connectivity index (χ3n) is 3.39. The van der Waals surface area contributed by atoms with Crippen LogP contribution in [-0.2, 0) is 20.8 Å². The summed E-state index contributed by atoms with van der Waals surface area (Å²) in [5.41, 5.74) is 2.21. The number of carbonyl (C=O) groups excluding carboxylic acids is 1. The van der Waals surface area contributed by atoms with Crippen LogP contribution < -0.4 is 45.3 Å². The number of esters is 1. The molecule has 7 heteroatoms. The Morgan fingerprint density at radius 2 is 1.12 bits per heavy atom. The van der Waals surface area contributed by atoms with Crippen LogP contribution in [0.2, 0.25) is 0 Å². The van der Waals surface area contributed by atoms with Crippen molar-refractivity contribution in [3.8, 4) is 22.6 Å². The third kappa shape index (κ3) is 5.77. The van der Waals surface area contributed by atoms with Gasteiger partial charge in [-0.25, -0.2) is 0 Å². The molecular formula is C19H13Cl3O3Ti. The smallest absolute Gasteiger partial charge is 1.00 e. The summed E-state index contributed by atoms with van der Waals surface area (Å²) >= 11 is 1.62. The topological polar surface area (TPSA) is 35.5 Å². The average molecular weight is 444 g/mol. The average Bonchev–Trinajstić information content (AvgIpc) is 2.63. The van der Waals surface area contributed by atoms with Crippen molar-refractivity contribution in [3.05, 3.63) is 84.4 Å². The summed E-state index contributed by atoms with van der Waals surface area (Å²) in [5, 5.41) is 0. The number of carbonyl (C=O) groups is 1. The van der Waals surface area contributed by atoms with E-state index in [2.05, 4.69) is 0 Å². The van der Waals surface area contributed by atoms with Gasteiger partial charge in [0.05, 0.1) is 0 Å². The third-order valence-corrected chi connectivity index (χ3v) is 3.73. The molecule has 0 unspecified atom stereocenters. The molecule has 0 saturated carbocycles. The van der Waals surface area contributed by atoms with Crippen molar-refractivity contribution < 1.29 is 70.9 Å². The Kier molecular flexibility index (Phi) is 11.3. The molecule has 0 aromatic heterocycles. The summed E-state index contributed by atoms with van der Waals surface area (Å²) in [6, 6.07) is 24.0. The molecule has 0 N–H and O–H groups in total. The Labute approximate surface area is 183 Å². The quantitative estimate of drug-likeness (QED) is 0.232. The number of halogens is 3. The van der Waals surface area contributed by atoms with E-state index in [1.807, 2.05) is 60.7 Å². The minimum absolute atomic E-state index is 0. The minimum atomic E-state index is -0.382. The Balaban J connectivity index is 0.00000208. The minimum Gasteiger partial charge on any atom is -1.00 e. The second-order valence-electron chi connectivity index (χ2n) is 4.85. The number of ether oxygens (including phenoxy) is 1. The van der Waals surface area contributed by atoms with Crippen LogP contribution in [0.15, 0.2) is 78.9 Å². The fourth-order valence-electron chi connectivity index (χ4n) is 2.29. The number of para-hydroxylation sites is 2. The first kappa shape index (κ1) is 24.5. The van der Waals surface area contributed by atoms with Crippen LogP contribution in [0.5, 0.6) is 11.5 Å². The van der Waals surface area contributed by atoms with E-state index in [-0.39, 0.29) is 43.2 Å². The molecule has 0 saturated heterocycles. The van der Waals surface area contributed by atoms with Crippen molar-refractivity contribution in [2.24, 2.45) is 0 Å². The Morgan fingerprint density at radius 3 is 1.69 bits per heavy atom. The summed E-state index contributed by atoms with van der Waals surface area (Å²) in [5.74, 6) is 0.856. The van der Waals surface area contributed by atoms with Crippen molar-refractivity contribution in [2.75, 3.05) is 0 Å². The fraction of sp³-hybridized carbons (Fsp3) is 0. The maximum absolute atomic E-state index is 12.3. The van der Waals surface area contributed by atoms with Gasteiger partial charge in [0.1, 0.15) is 0 Å². The summed E-state index contributed by atoms with van der Waals surface area (Å²) < 4.78 is 11.0. The molecule has 0 amide bonds. The van der Waals surface area contributed by atoms with Gasteiger partial charge in [0.25, 0.3) is 0 Å². The van der Waals surface area contributed by atoms with E-state index < -0.39 is 0 Å². The SMILES string of the molecule is O=C(Oc1ccccc1-c1ccccc1[O][Ti+3])c1ccccc1.[Cl-].[Cl-].[Cl-]. The van der Waals surface area contributed by atoms with Crippen LogP contribution in [0.3, 0.4) is 0 Å². The zero-order valence-corrected chi connectivity index (χ0v) is 17.2. The Morgan fingerprint density at radius 1 is 0.654 bits per heavy atom. The Hall–Kier alpha value is -1.49. The molecule has 0 aliphatic rings. The Bertz CT molecular complexity index is 829. The first-order valence-corrected chi connectivity index (χ1v) is 7.72. The van der Waals surface area contributed by atoms with Gasteiger partial charge in [-0.2, -0.15) is 0 Å². The number of hydrogen-bond donors (Lipinski definition) is 0. The molecule has 3 aromatic carbocycles. The largest absolute Gasteiger partial charge is 1.00 e. The number of hydrogen-bond acceptors (Lipinski definition) is 3. The van der Waals surface area contributed by atoms with Crippen molar-refractivity contribution in [2.45, 2.75) is 0 Å². The molecule has 26 heavy (non-hydrogen) atoms. The predicted octanol–water partition coefficient (Wildman–Crippen LogP) is -4.57. The zero-order chi connectivity index (χ0) is 16.1. The van der Waals surface area contributed by atoms with Crippen molar-refractivity contribution in [3.63, 3.8) is 0 Å². The molecule has 0 aliphatic carbocycles. The molecule has 3 aromatic rings. The molecule has 0 radical (unpaired) electrons. The van der Waals surface area contributed by atoms with Crippen molar-refractivity contribution in [1.29, 1.82) is 0 Å². The van der Waals surface area contributed by atoms with Gasteiger partial charge in [-0.1, -0.05) is 0 Å². The van der Waals surface area contributed by atoms with Crippen molar-refractivity contribution in [1.82, 2.24) is 0 Å². The van der Waals surface area contributed by atoms with Gasteiger partial charge in [0.2, 0.25) is 0 Å². The molecule has 3 rings (SSSR count). The van der Waals surface area contributed by atoms with Gasteiger partial charge in [-0.15, -0.1) is 0 Å². The second kappa shape index (κ2) is 12.0. The van der Waals surface area contributed by atoms with Crippen LogP contribution in [0.25, 0.3) is 11.1 Å². The molecule has 0 heterocycles. The monoisotopic (exact) mass is 442 g/mol. The van der Waals surface area contributed by atoms with Gasteiger partial charge in [0, 0.05) is 0 Å². The van der Waals surface area contributed by atoms with Gasteiger partial charge >= 0.3 is 147 Å². The second-order valence-corrected chi connectivity index (χ2v) is 5.17. The first-order valence-electron chi connectivity index (χ1n) is 7.09. The molecular weight excluding hydrogens is 430 g/mol. The van der Waals surface area contributed by atoms with E-state index in [0.717, 1.165) is 16.9 Å². The molecule has 0 fully saturated rings. The molecule has 0 bridgehead atoms. The van der Waals surface area contributed by atoms with E-state index in [1.165, 1.54) is 0 Å². The van der Waals surface area contributed by atoms with E-state index in [1.54, 1.807) is 39.0 Å². The van der Waals surface area contributed by atoms with Crippen LogP contribution in [-0.4, -0.2) is 5.97 Å². The fourth-order valence-corrected chi connectivity index (χ4v) is 2.57. The zero-order valence-electron chi connectivity index (χ0n) is 13.4. The summed E-state index contributed by atoms with van der Waals surface area (Å²) in [6.45, 7) is 0. The summed E-state index contributed by atoms with van der Waals surface area (Å²) in [7, 11) is 0. The van der Waals surface area contributed by atoms with Gasteiger partial charge in [0.15, 0.2) is 0 Å². The molecule has 132 valence electrons. The van der Waals surface area contributed by atoms with E-state index in [4.69, 9.17) is 8.06 Å². The maximum atomic E-state index is 12.3. The molecule has 0 atom stereocenters. The van der Waals surface area contributed by atoms with Crippen molar-refractivity contribution >= 4 is 5.97 Å². The predicted molar refractivity (Wildman–Crippen MR) is 83.9 cm³/mol. The normalized spacial score (nSPS) is 9.00. The van der Waals surface area contributed by atoms with Crippen LogP contribution in [0.4, 0.5) is 0 Å². The van der Waals surface area contributed by atoms with Crippen LogP contribution in [0.1, 0.15) is 10.4 Å². The van der Waals surface area contributed by atoms with E-state index in [9.17, 15) is 4.79 Å². The summed E-state index contributed by atoms with van der Waals surface area (Å²) in [4.78, 5) is 12.3. The molecule has 3 nitrogen and oxygen atoms in total. The number of rotatable bonds is 4. The standard InChI is InChI=1S/C19H14O3.3ClH.Ti/c20-17-12-6-4-10-15(17)16-11-5-7-13-18(16)22-19(21)14-8-2-1-3-9-14;;;;/h1-13,20H;3*1H;/q;;;;+4/p-4.